The predicted molar refractivity (Wildman–Crippen MR) is 103 cm³/mol. The van der Waals surface area contributed by atoms with Crippen molar-refractivity contribution in [3.05, 3.63) is 56.4 Å². The lowest BCUT2D eigenvalue weighted by Crippen LogP contribution is -2.13. The molecule has 3 aromatic rings. The number of hydrogen-bond acceptors (Lipinski definition) is 4. The van der Waals surface area contributed by atoms with Crippen LogP contribution in [0.2, 0.25) is 0 Å². The van der Waals surface area contributed by atoms with E-state index in [0.717, 1.165) is 40.8 Å². The van der Waals surface area contributed by atoms with E-state index in [9.17, 15) is 4.79 Å². The largest absolute Gasteiger partial charge is 0.497 e. The van der Waals surface area contributed by atoms with E-state index in [1.807, 2.05) is 36.4 Å². The van der Waals surface area contributed by atoms with Gasteiger partial charge in [-0.05, 0) is 54.5 Å². The summed E-state index contributed by atoms with van der Waals surface area (Å²) < 4.78 is 5.23. The molecule has 2 heterocycles. The van der Waals surface area contributed by atoms with Gasteiger partial charge >= 0.3 is 0 Å². The number of benzene rings is 1. The van der Waals surface area contributed by atoms with Gasteiger partial charge in [-0.25, -0.2) is 4.98 Å². The van der Waals surface area contributed by atoms with Gasteiger partial charge in [0.25, 0.3) is 5.56 Å². The highest BCUT2D eigenvalue weighted by molar-refractivity contribution is 7.18. The highest BCUT2D eigenvalue weighted by Gasteiger charge is 2.22. The van der Waals surface area contributed by atoms with Crippen LogP contribution in [0.5, 0.6) is 5.75 Å². The molecule has 25 heavy (non-hydrogen) atoms. The number of fused-ring (bicyclic) bond motifs is 3. The highest BCUT2D eigenvalue weighted by atomic mass is 32.1. The minimum Gasteiger partial charge on any atom is -0.497 e. The number of methoxy groups -OCH3 is 1. The molecule has 0 aliphatic heterocycles. The second-order valence-electron chi connectivity index (χ2n) is 6.59. The van der Waals surface area contributed by atoms with Crippen LogP contribution in [0.25, 0.3) is 22.4 Å². The maximum atomic E-state index is 12.6. The molecule has 0 saturated heterocycles. The highest BCUT2D eigenvalue weighted by Crippen LogP contribution is 2.35. The first-order chi connectivity index (χ1) is 12.1. The average Bonchev–Trinajstić information content (AvgIpc) is 2.97. The Bertz CT molecular complexity index is 1020. The van der Waals surface area contributed by atoms with Crippen molar-refractivity contribution >= 4 is 33.7 Å². The molecule has 1 atom stereocenters. The second-order valence-corrected chi connectivity index (χ2v) is 7.68. The molecule has 1 aliphatic carbocycles. The molecule has 1 aliphatic rings. The Hall–Kier alpha value is -2.40. The molecular weight excluding hydrogens is 332 g/mol. The van der Waals surface area contributed by atoms with Crippen LogP contribution in [-0.4, -0.2) is 17.1 Å². The summed E-state index contributed by atoms with van der Waals surface area (Å²) in [5.41, 5.74) is 2.19. The Morgan fingerprint density at radius 3 is 3.08 bits per heavy atom. The van der Waals surface area contributed by atoms with Gasteiger partial charge in [0.15, 0.2) is 0 Å². The van der Waals surface area contributed by atoms with Crippen LogP contribution < -0.4 is 10.3 Å². The Kier molecular flexibility index (Phi) is 4.17. The first-order valence-corrected chi connectivity index (χ1v) is 9.32. The van der Waals surface area contributed by atoms with Gasteiger partial charge in [0.05, 0.1) is 12.5 Å². The zero-order chi connectivity index (χ0) is 17.4. The van der Waals surface area contributed by atoms with Crippen LogP contribution >= 0.6 is 11.3 Å². The van der Waals surface area contributed by atoms with Crippen molar-refractivity contribution in [2.45, 2.75) is 26.2 Å². The summed E-state index contributed by atoms with van der Waals surface area (Å²) in [6.07, 6.45) is 6.97. The first kappa shape index (κ1) is 16.1. The van der Waals surface area contributed by atoms with Gasteiger partial charge in [0.2, 0.25) is 0 Å². The Balaban J connectivity index is 1.71. The normalized spacial score (nSPS) is 17.1. The van der Waals surface area contributed by atoms with Crippen molar-refractivity contribution in [2.24, 2.45) is 5.92 Å². The fourth-order valence-corrected chi connectivity index (χ4v) is 4.76. The zero-order valence-corrected chi connectivity index (χ0v) is 15.2. The van der Waals surface area contributed by atoms with Gasteiger partial charge in [-0.3, -0.25) is 4.79 Å². The minimum atomic E-state index is -0.0256. The van der Waals surface area contributed by atoms with Crippen molar-refractivity contribution in [3.8, 4) is 5.75 Å². The average molecular weight is 352 g/mol. The standard InChI is InChI=1S/C20H20N2O2S/c1-12-6-8-15-16(10-12)25-20-18(15)19(23)21-17(22-20)9-7-13-4-3-5-14(11-13)24-2/h3-5,7,9,11-12H,6,8,10H2,1-2H3,(H,21,22,23)/b9-7+/t12-/m1/s1. The maximum absolute atomic E-state index is 12.6. The molecule has 0 spiro atoms. The van der Waals surface area contributed by atoms with Gasteiger partial charge in [0.1, 0.15) is 16.4 Å². The van der Waals surface area contributed by atoms with E-state index in [1.54, 1.807) is 18.4 Å². The number of aromatic nitrogens is 2. The lowest BCUT2D eigenvalue weighted by Gasteiger charge is -2.17. The van der Waals surface area contributed by atoms with Crippen LogP contribution in [0.4, 0.5) is 0 Å². The molecular formula is C20H20N2O2S. The lowest BCUT2D eigenvalue weighted by atomic mass is 9.89. The van der Waals surface area contributed by atoms with Crippen LogP contribution in [-0.2, 0) is 12.8 Å². The summed E-state index contributed by atoms with van der Waals surface area (Å²) in [5.74, 6) is 2.08. The predicted octanol–water partition coefficient (Wildman–Crippen LogP) is 4.29. The van der Waals surface area contributed by atoms with Crippen LogP contribution in [0.15, 0.2) is 29.1 Å². The van der Waals surface area contributed by atoms with Crippen molar-refractivity contribution in [1.29, 1.82) is 0 Å². The van der Waals surface area contributed by atoms with E-state index in [0.29, 0.717) is 11.7 Å². The smallest absolute Gasteiger partial charge is 0.260 e. The second kappa shape index (κ2) is 6.48. The number of nitrogens with zero attached hydrogens (tertiary/aromatic N) is 1. The third-order valence-electron chi connectivity index (χ3n) is 4.71. The third-order valence-corrected chi connectivity index (χ3v) is 5.86. The molecule has 0 fully saturated rings. The molecule has 5 heteroatoms. The van der Waals surface area contributed by atoms with Crippen LogP contribution in [0, 0.1) is 5.92 Å². The van der Waals surface area contributed by atoms with Gasteiger partial charge in [-0.2, -0.15) is 0 Å². The number of aromatic amines is 1. The van der Waals surface area contributed by atoms with E-state index < -0.39 is 0 Å². The van der Waals surface area contributed by atoms with Crippen molar-refractivity contribution in [3.63, 3.8) is 0 Å². The third kappa shape index (κ3) is 3.12. The Labute approximate surface area is 150 Å². The Morgan fingerprint density at radius 1 is 1.36 bits per heavy atom. The molecule has 1 aromatic carbocycles. The summed E-state index contributed by atoms with van der Waals surface area (Å²) >= 11 is 1.67. The van der Waals surface area contributed by atoms with Crippen molar-refractivity contribution in [2.75, 3.05) is 7.11 Å². The van der Waals surface area contributed by atoms with Gasteiger partial charge < -0.3 is 9.72 Å². The SMILES string of the molecule is COc1cccc(/C=C/c2nc3sc4c(c3c(=O)[nH]2)CC[C@@H](C)C4)c1. The summed E-state index contributed by atoms with van der Waals surface area (Å²) in [6.45, 7) is 2.27. The fraction of sp³-hybridized carbons (Fsp3) is 0.300. The van der Waals surface area contributed by atoms with E-state index in [2.05, 4.69) is 16.9 Å². The molecule has 4 rings (SSSR count). The number of aryl methyl sites for hydroxylation is 1. The van der Waals surface area contributed by atoms with Gasteiger partial charge in [-0.1, -0.05) is 25.1 Å². The molecule has 0 amide bonds. The van der Waals surface area contributed by atoms with E-state index in [1.165, 1.54) is 10.4 Å². The fourth-order valence-electron chi connectivity index (χ4n) is 3.36. The van der Waals surface area contributed by atoms with Crippen molar-refractivity contribution < 1.29 is 4.74 Å². The number of thiophene rings is 1. The van der Waals surface area contributed by atoms with Gasteiger partial charge in [0, 0.05) is 4.88 Å². The summed E-state index contributed by atoms with van der Waals surface area (Å²) in [5, 5.41) is 0.797. The zero-order valence-electron chi connectivity index (χ0n) is 14.3. The van der Waals surface area contributed by atoms with E-state index in [-0.39, 0.29) is 5.56 Å². The molecule has 0 radical (unpaired) electrons. The number of rotatable bonds is 3. The molecule has 1 N–H and O–H groups in total. The minimum absolute atomic E-state index is 0.0256. The lowest BCUT2D eigenvalue weighted by molar-refractivity contribution is 0.414. The monoisotopic (exact) mass is 352 g/mol. The molecule has 0 saturated carbocycles. The van der Waals surface area contributed by atoms with Crippen LogP contribution in [0.3, 0.4) is 0 Å². The molecule has 0 unspecified atom stereocenters. The number of hydrogen-bond donors (Lipinski definition) is 1. The molecule has 4 nitrogen and oxygen atoms in total. The first-order valence-electron chi connectivity index (χ1n) is 8.50. The number of nitrogens with one attached hydrogen (secondary N) is 1. The maximum Gasteiger partial charge on any atom is 0.260 e. The Morgan fingerprint density at radius 2 is 2.24 bits per heavy atom. The van der Waals surface area contributed by atoms with Crippen LogP contribution in [0.1, 0.15) is 35.2 Å². The van der Waals surface area contributed by atoms with Crippen molar-refractivity contribution in [1.82, 2.24) is 9.97 Å². The molecule has 128 valence electrons. The van der Waals surface area contributed by atoms with Gasteiger partial charge in [-0.15, -0.1) is 11.3 Å². The summed E-state index contributed by atoms with van der Waals surface area (Å²) in [6, 6.07) is 7.77. The summed E-state index contributed by atoms with van der Waals surface area (Å²) in [4.78, 5) is 22.4. The van der Waals surface area contributed by atoms with E-state index in [4.69, 9.17) is 4.74 Å². The molecule has 0 bridgehead atoms. The number of H-pyrrole nitrogens is 1. The topological polar surface area (TPSA) is 55.0 Å². The number of ether oxygens (including phenoxy) is 1. The summed E-state index contributed by atoms with van der Waals surface area (Å²) in [7, 11) is 1.65. The molecule has 2 aromatic heterocycles. The van der Waals surface area contributed by atoms with E-state index >= 15 is 0 Å². The quantitative estimate of drug-likeness (QED) is 0.765.